The Hall–Kier alpha value is -1.03. The lowest BCUT2D eigenvalue weighted by Gasteiger charge is -2.21. The molecular formula is C14H16ClNOS. The number of rotatable bonds is 5. The van der Waals surface area contributed by atoms with Crippen molar-refractivity contribution in [2.75, 3.05) is 18.5 Å². The fourth-order valence-corrected chi connectivity index (χ4v) is 2.80. The molecule has 0 radical (unpaired) electrons. The summed E-state index contributed by atoms with van der Waals surface area (Å²) in [7, 11) is 2.04. The predicted molar refractivity (Wildman–Crippen MR) is 78.7 cm³/mol. The van der Waals surface area contributed by atoms with Gasteiger partial charge in [-0.3, -0.25) is 0 Å². The summed E-state index contributed by atoms with van der Waals surface area (Å²) in [6.07, 6.45) is 1.02. The van der Waals surface area contributed by atoms with Gasteiger partial charge in [-0.1, -0.05) is 17.7 Å². The van der Waals surface area contributed by atoms with E-state index in [-0.39, 0.29) is 6.61 Å². The summed E-state index contributed by atoms with van der Waals surface area (Å²) in [5, 5.41) is 12.1. The molecule has 1 aromatic carbocycles. The van der Waals surface area contributed by atoms with Gasteiger partial charge in [0.25, 0.3) is 0 Å². The van der Waals surface area contributed by atoms with Gasteiger partial charge in [-0.05, 0) is 36.1 Å². The van der Waals surface area contributed by atoms with Gasteiger partial charge in [-0.15, -0.1) is 11.3 Å². The molecule has 4 heteroatoms. The molecule has 0 amide bonds. The first-order valence-electron chi connectivity index (χ1n) is 5.83. The summed E-state index contributed by atoms with van der Waals surface area (Å²) < 4.78 is 0. The first-order valence-corrected chi connectivity index (χ1v) is 7.09. The highest BCUT2D eigenvalue weighted by Gasteiger charge is 2.08. The minimum Gasteiger partial charge on any atom is -0.392 e. The van der Waals surface area contributed by atoms with Gasteiger partial charge in [0.2, 0.25) is 0 Å². The van der Waals surface area contributed by atoms with Crippen molar-refractivity contribution in [3.63, 3.8) is 0 Å². The number of halogens is 1. The van der Waals surface area contributed by atoms with Crippen LogP contribution in [0.15, 0.2) is 35.7 Å². The van der Waals surface area contributed by atoms with E-state index >= 15 is 0 Å². The third kappa shape index (κ3) is 3.25. The van der Waals surface area contributed by atoms with Crippen LogP contribution < -0.4 is 4.90 Å². The smallest absolute Gasteiger partial charge is 0.0702 e. The second-order valence-electron chi connectivity index (χ2n) is 4.18. The second-order valence-corrected chi connectivity index (χ2v) is 5.65. The quantitative estimate of drug-likeness (QED) is 0.906. The zero-order chi connectivity index (χ0) is 13.0. The maximum absolute atomic E-state index is 9.36. The minimum absolute atomic E-state index is 0.0131. The molecule has 0 aliphatic carbocycles. The Labute approximate surface area is 116 Å². The standard InChI is InChI=1S/C14H16ClNOS/c1-16(7-6-13-3-2-8-18-13)14-5-4-12(15)9-11(14)10-17/h2-5,8-9,17H,6-7,10H2,1H3. The van der Waals surface area contributed by atoms with Gasteiger partial charge in [0.1, 0.15) is 0 Å². The molecule has 0 aliphatic heterocycles. The van der Waals surface area contributed by atoms with Gasteiger partial charge in [0.05, 0.1) is 6.61 Å². The van der Waals surface area contributed by atoms with Crippen LogP contribution in [0.3, 0.4) is 0 Å². The van der Waals surface area contributed by atoms with Crippen molar-refractivity contribution in [3.8, 4) is 0 Å². The summed E-state index contributed by atoms with van der Waals surface area (Å²) >= 11 is 7.71. The van der Waals surface area contributed by atoms with E-state index in [1.807, 2.05) is 25.2 Å². The Morgan fingerprint density at radius 2 is 2.17 bits per heavy atom. The summed E-state index contributed by atoms with van der Waals surface area (Å²) in [5.41, 5.74) is 1.91. The molecule has 0 atom stereocenters. The first-order chi connectivity index (χ1) is 8.70. The molecule has 2 nitrogen and oxygen atoms in total. The van der Waals surface area contributed by atoms with E-state index in [1.165, 1.54) is 4.88 Å². The molecule has 1 heterocycles. The number of benzene rings is 1. The molecule has 1 aromatic heterocycles. The van der Waals surface area contributed by atoms with Gasteiger partial charge < -0.3 is 10.0 Å². The van der Waals surface area contributed by atoms with Crippen LogP contribution in [0.5, 0.6) is 0 Å². The fourth-order valence-electron chi connectivity index (χ4n) is 1.91. The van der Waals surface area contributed by atoms with Crippen molar-refractivity contribution in [3.05, 3.63) is 51.2 Å². The van der Waals surface area contributed by atoms with Crippen molar-refractivity contribution in [1.82, 2.24) is 0 Å². The number of nitrogens with zero attached hydrogens (tertiary/aromatic N) is 1. The molecule has 2 rings (SSSR count). The second kappa shape index (κ2) is 6.23. The lowest BCUT2D eigenvalue weighted by molar-refractivity contribution is 0.282. The Kier molecular flexibility index (Phi) is 4.64. The molecule has 0 aliphatic rings. The molecule has 18 heavy (non-hydrogen) atoms. The largest absolute Gasteiger partial charge is 0.392 e. The highest BCUT2D eigenvalue weighted by atomic mass is 35.5. The Bertz CT molecular complexity index is 499. The number of hydrogen-bond donors (Lipinski definition) is 1. The monoisotopic (exact) mass is 281 g/mol. The van der Waals surface area contributed by atoms with E-state index < -0.39 is 0 Å². The Balaban J connectivity index is 2.06. The van der Waals surface area contributed by atoms with Crippen LogP contribution in [0.4, 0.5) is 5.69 Å². The predicted octanol–water partition coefficient (Wildman–Crippen LogP) is 3.57. The van der Waals surface area contributed by atoms with Gasteiger partial charge in [0, 0.05) is 34.7 Å². The normalized spacial score (nSPS) is 10.6. The van der Waals surface area contributed by atoms with Crippen LogP contribution in [0.1, 0.15) is 10.4 Å². The molecular weight excluding hydrogens is 266 g/mol. The van der Waals surface area contributed by atoms with Gasteiger partial charge >= 0.3 is 0 Å². The van der Waals surface area contributed by atoms with Crippen molar-refractivity contribution < 1.29 is 5.11 Å². The van der Waals surface area contributed by atoms with E-state index in [0.717, 1.165) is 24.2 Å². The van der Waals surface area contributed by atoms with Crippen molar-refractivity contribution in [2.24, 2.45) is 0 Å². The number of likely N-dealkylation sites (N-methyl/N-ethyl adjacent to an activating group) is 1. The number of hydrogen-bond acceptors (Lipinski definition) is 3. The van der Waals surface area contributed by atoms with Gasteiger partial charge in [0.15, 0.2) is 0 Å². The van der Waals surface area contributed by atoms with Crippen LogP contribution >= 0.6 is 22.9 Å². The van der Waals surface area contributed by atoms with Gasteiger partial charge in [-0.25, -0.2) is 0 Å². The molecule has 0 fully saturated rings. The van der Waals surface area contributed by atoms with Crippen LogP contribution in [0, 0.1) is 0 Å². The lowest BCUT2D eigenvalue weighted by atomic mass is 10.1. The average molecular weight is 282 g/mol. The molecule has 1 N–H and O–H groups in total. The van der Waals surface area contributed by atoms with Crippen molar-refractivity contribution >= 4 is 28.6 Å². The average Bonchev–Trinajstić information content (AvgIpc) is 2.88. The van der Waals surface area contributed by atoms with E-state index in [1.54, 1.807) is 11.3 Å². The topological polar surface area (TPSA) is 23.5 Å². The van der Waals surface area contributed by atoms with Crippen LogP contribution in [-0.4, -0.2) is 18.7 Å². The summed E-state index contributed by atoms with van der Waals surface area (Å²) in [6, 6.07) is 9.85. The Morgan fingerprint density at radius 1 is 1.33 bits per heavy atom. The minimum atomic E-state index is 0.0131. The molecule has 0 saturated heterocycles. The van der Waals surface area contributed by atoms with Gasteiger partial charge in [-0.2, -0.15) is 0 Å². The number of thiophene rings is 1. The molecule has 0 bridgehead atoms. The molecule has 2 aromatic rings. The third-order valence-electron chi connectivity index (χ3n) is 2.90. The Morgan fingerprint density at radius 3 is 2.83 bits per heavy atom. The van der Waals surface area contributed by atoms with E-state index in [4.69, 9.17) is 11.6 Å². The fraction of sp³-hybridized carbons (Fsp3) is 0.286. The molecule has 0 saturated carbocycles. The lowest BCUT2D eigenvalue weighted by Crippen LogP contribution is -2.21. The number of aliphatic hydroxyl groups is 1. The van der Waals surface area contributed by atoms with Crippen molar-refractivity contribution in [2.45, 2.75) is 13.0 Å². The zero-order valence-corrected chi connectivity index (χ0v) is 11.8. The molecule has 96 valence electrons. The maximum Gasteiger partial charge on any atom is 0.0702 e. The molecule has 0 spiro atoms. The zero-order valence-electron chi connectivity index (χ0n) is 10.3. The summed E-state index contributed by atoms with van der Waals surface area (Å²) in [6.45, 7) is 0.939. The van der Waals surface area contributed by atoms with Crippen molar-refractivity contribution in [1.29, 1.82) is 0 Å². The van der Waals surface area contributed by atoms with E-state index in [0.29, 0.717) is 5.02 Å². The summed E-state index contributed by atoms with van der Waals surface area (Å²) in [4.78, 5) is 3.53. The third-order valence-corrected chi connectivity index (χ3v) is 4.07. The van der Waals surface area contributed by atoms with Crippen LogP contribution in [-0.2, 0) is 13.0 Å². The highest BCUT2D eigenvalue weighted by Crippen LogP contribution is 2.24. The SMILES string of the molecule is CN(CCc1cccs1)c1ccc(Cl)cc1CO. The van der Waals surface area contributed by atoms with E-state index in [9.17, 15) is 5.11 Å². The number of anilines is 1. The van der Waals surface area contributed by atoms with Crippen LogP contribution in [0.25, 0.3) is 0 Å². The highest BCUT2D eigenvalue weighted by molar-refractivity contribution is 7.09. The maximum atomic E-state index is 9.36. The van der Waals surface area contributed by atoms with Crippen LogP contribution in [0.2, 0.25) is 5.02 Å². The van der Waals surface area contributed by atoms with E-state index in [2.05, 4.69) is 22.4 Å². The molecule has 0 unspecified atom stereocenters. The summed E-state index contributed by atoms with van der Waals surface area (Å²) in [5.74, 6) is 0. The number of aliphatic hydroxyl groups excluding tert-OH is 1. The first kappa shape index (κ1) is 13.4.